The van der Waals surface area contributed by atoms with Crippen LogP contribution >= 0.6 is 11.3 Å². The van der Waals surface area contributed by atoms with Gasteiger partial charge in [-0.2, -0.15) is 0 Å². The predicted octanol–water partition coefficient (Wildman–Crippen LogP) is 3.92. The van der Waals surface area contributed by atoms with Crippen LogP contribution in [0.2, 0.25) is 0 Å². The molecule has 2 amide bonds. The van der Waals surface area contributed by atoms with Gasteiger partial charge in [-0.3, -0.25) is 19.0 Å². The number of hydrogen-bond acceptors (Lipinski definition) is 6. The monoisotopic (exact) mass is 482 g/mol. The highest BCUT2D eigenvalue weighted by Gasteiger charge is 2.26. The number of nitrogens with one attached hydrogen (secondary N) is 1. The van der Waals surface area contributed by atoms with Crippen LogP contribution in [-0.2, 0) is 11.3 Å². The first-order valence-corrected chi connectivity index (χ1v) is 12.4. The number of anilines is 1. The minimum atomic E-state index is -0.303. The van der Waals surface area contributed by atoms with Crippen molar-refractivity contribution in [2.24, 2.45) is 11.8 Å². The van der Waals surface area contributed by atoms with Crippen LogP contribution < -0.4 is 15.6 Å². The van der Waals surface area contributed by atoms with Gasteiger partial charge in [0.1, 0.15) is 17.1 Å². The fraction of sp³-hybridized carbons (Fsp3) is 0.440. The van der Waals surface area contributed by atoms with E-state index in [9.17, 15) is 14.4 Å². The number of thiophene rings is 1. The lowest BCUT2D eigenvalue weighted by Crippen LogP contribution is -2.44. The molecular weight excluding hydrogens is 452 g/mol. The Morgan fingerprint density at radius 2 is 1.85 bits per heavy atom. The Morgan fingerprint density at radius 1 is 1.18 bits per heavy atom. The van der Waals surface area contributed by atoms with Crippen molar-refractivity contribution >= 4 is 39.1 Å². The molecule has 180 valence electrons. The molecule has 0 spiro atoms. The maximum absolute atomic E-state index is 13.2. The Balaban J connectivity index is 1.54. The molecule has 9 heteroatoms. The van der Waals surface area contributed by atoms with Crippen LogP contribution in [0.3, 0.4) is 0 Å². The largest absolute Gasteiger partial charge is 0.494 e. The van der Waals surface area contributed by atoms with E-state index in [-0.39, 0.29) is 23.9 Å². The number of carbonyl (C=O) groups excluding carboxylic acids is 2. The summed E-state index contributed by atoms with van der Waals surface area (Å²) in [7, 11) is 0. The minimum absolute atomic E-state index is 0.0514. The summed E-state index contributed by atoms with van der Waals surface area (Å²) in [6, 6.07) is 7.12. The van der Waals surface area contributed by atoms with Crippen molar-refractivity contribution in [2.75, 3.05) is 25.0 Å². The van der Waals surface area contributed by atoms with Crippen molar-refractivity contribution in [1.29, 1.82) is 0 Å². The van der Waals surface area contributed by atoms with Crippen molar-refractivity contribution in [2.45, 2.75) is 40.7 Å². The fourth-order valence-corrected chi connectivity index (χ4v) is 5.62. The number of fused-ring (bicyclic) bond motifs is 1. The van der Waals surface area contributed by atoms with Crippen LogP contribution in [0.1, 0.15) is 42.4 Å². The van der Waals surface area contributed by atoms with Gasteiger partial charge in [0.2, 0.25) is 5.91 Å². The molecule has 2 atom stereocenters. The van der Waals surface area contributed by atoms with E-state index in [1.54, 1.807) is 31.2 Å². The molecule has 3 heterocycles. The number of aryl methyl sites for hydroxylation is 1. The molecule has 0 saturated carbocycles. The topological polar surface area (TPSA) is 93.5 Å². The van der Waals surface area contributed by atoms with Gasteiger partial charge in [0.05, 0.1) is 23.2 Å². The Kier molecular flexibility index (Phi) is 7.02. The van der Waals surface area contributed by atoms with Crippen LogP contribution in [-0.4, -0.2) is 46.0 Å². The van der Waals surface area contributed by atoms with E-state index < -0.39 is 0 Å². The molecule has 8 nitrogen and oxygen atoms in total. The second-order valence-corrected chi connectivity index (χ2v) is 10.1. The van der Waals surface area contributed by atoms with Crippen LogP contribution in [0.4, 0.5) is 5.69 Å². The number of carbonyl (C=O) groups is 2. The number of hydrogen-bond donors (Lipinski definition) is 1. The fourth-order valence-electron chi connectivity index (χ4n) is 4.59. The summed E-state index contributed by atoms with van der Waals surface area (Å²) in [4.78, 5) is 46.2. The number of rotatable bonds is 6. The molecule has 1 saturated heterocycles. The van der Waals surface area contributed by atoms with E-state index >= 15 is 0 Å². The summed E-state index contributed by atoms with van der Waals surface area (Å²) in [5, 5.41) is 3.25. The van der Waals surface area contributed by atoms with E-state index in [2.05, 4.69) is 24.1 Å². The zero-order chi connectivity index (χ0) is 24.4. The summed E-state index contributed by atoms with van der Waals surface area (Å²) in [5.41, 5.74) is 0.902. The molecule has 3 aromatic rings. The van der Waals surface area contributed by atoms with Gasteiger partial charge in [0.15, 0.2) is 0 Å². The first-order chi connectivity index (χ1) is 16.3. The van der Waals surface area contributed by atoms with Crippen molar-refractivity contribution in [3.05, 3.63) is 51.4 Å². The van der Waals surface area contributed by atoms with E-state index in [1.807, 2.05) is 11.8 Å². The highest BCUT2D eigenvalue weighted by atomic mass is 32.1. The molecular formula is C25H30N4O4S. The minimum Gasteiger partial charge on any atom is -0.494 e. The van der Waals surface area contributed by atoms with E-state index in [1.165, 1.54) is 22.2 Å². The maximum atomic E-state index is 13.2. The average Bonchev–Trinajstić information content (AvgIpc) is 3.13. The van der Waals surface area contributed by atoms with Crippen molar-refractivity contribution < 1.29 is 14.3 Å². The maximum Gasteiger partial charge on any atom is 0.266 e. The summed E-state index contributed by atoms with van der Waals surface area (Å²) in [6.07, 6.45) is 2.51. The Bertz CT molecular complexity index is 1250. The SMILES string of the molecule is CCOc1ccc(NC(=O)c2sc3ncn(CC(=O)N4C[C@H](C)C[C@H](C)C4)c(=O)c3c2C)cc1. The predicted molar refractivity (Wildman–Crippen MR) is 134 cm³/mol. The molecule has 34 heavy (non-hydrogen) atoms. The van der Waals surface area contributed by atoms with Gasteiger partial charge in [-0.05, 0) is 61.9 Å². The zero-order valence-electron chi connectivity index (χ0n) is 20.0. The summed E-state index contributed by atoms with van der Waals surface area (Å²) in [6.45, 7) is 9.88. The highest BCUT2D eigenvalue weighted by Crippen LogP contribution is 2.28. The van der Waals surface area contributed by atoms with E-state index in [0.29, 0.717) is 57.9 Å². The molecule has 4 rings (SSSR count). The summed E-state index contributed by atoms with van der Waals surface area (Å²) < 4.78 is 6.78. The van der Waals surface area contributed by atoms with Crippen LogP contribution in [0.25, 0.3) is 10.2 Å². The van der Waals surface area contributed by atoms with Gasteiger partial charge >= 0.3 is 0 Å². The highest BCUT2D eigenvalue weighted by molar-refractivity contribution is 7.20. The van der Waals surface area contributed by atoms with Gasteiger partial charge in [0.25, 0.3) is 11.5 Å². The molecule has 1 aliphatic heterocycles. The second kappa shape index (κ2) is 9.97. The van der Waals surface area contributed by atoms with E-state index in [4.69, 9.17) is 4.74 Å². The van der Waals surface area contributed by atoms with Crippen LogP contribution in [0, 0.1) is 18.8 Å². The number of piperidine rings is 1. The first-order valence-electron chi connectivity index (χ1n) is 11.6. The number of amides is 2. The molecule has 0 radical (unpaired) electrons. The third-order valence-corrected chi connectivity index (χ3v) is 7.27. The standard InChI is InChI=1S/C25H30N4O4S/c1-5-33-19-8-6-18(7-9-19)27-23(31)22-17(4)21-24(34-22)26-14-29(25(21)32)13-20(30)28-11-15(2)10-16(3)12-28/h6-9,14-16H,5,10-13H2,1-4H3,(H,27,31)/t15-,16+. The summed E-state index contributed by atoms with van der Waals surface area (Å²) >= 11 is 1.18. The lowest BCUT2D eigenvalue weighted by Gasteiger charge is -2.35. The number of benzene rings is 1. The van der Waals surface area contributed by atoms with Crippen molar-refractivity contribution in [3.63, 3.8) is 0 Å². The molecule has 0 bridgehead atoms. The smallest absolute Gasteiger partial charge is 0.266 e. The third kappa shape index (κ3) is 4.99. The van der Waals surface area contributed by atoms with Crippen molar-refractivity contribution in [3.8, 4) is 5.75 Å². The van der Waals surface area contributed by atoms with Crippen molar-refractivity contribution in [1.82, 2.24) is 14.5 Å². The Labute approximate surface area is 202 Å². The van der Waals surface area contributed by atoms with Gasteiger partial charge in [-0.25, -0.2) is 4.98 Å². The zero-order valence-corrected chi connectivity index (χ0v) is 20.8. The number of likely N-dealkylation sites (tertiary alicyclic amines) is 1. The lowest BCUT2D eigenvalue weighted by molar-refractivity contribution is -0.134. The number of aromatic nitrogens is 2. The lowest BCUT2D eigenvalue weighted by atomic mass is 9.92. The molecule has 0 aliphatic carbocycles. The molecule has 2 aromatic heterocycles. The third-order valence-electron chi connectivity index (χ3n) is 6.07. The molecule has 1 aliphatic rings. The molecule has 1 N–H and O–H groups in total. The van der Waals surface area contributed by atoms with Crippen LogP contribution in [0.15, 0.2) is 35.4 Å². The van der Waals surface area contributed by atoms with Gasteiger partial charge in [-0.1, -0.05) is 13.8 Å². The Morgan fingerprint density at radius 3 is 2.50 bits per heavy atom. The van der Waals surface area contributed by atoms with Gasteiger partial charge in [0, 0.05) is 18.8 Å². The van der Waals surface area contributed by atoms with Gasteiger partial charge in [-0.15, -0.1) is 11.3 Å². The molecule has 1 aromatic carbocycles. The van der Waals surface area contributed by atoms with Gasteiger partial charge < -0.3 is 15.0 Å². The normalized spacial score (nSPS) is 18.2. The molecule has 1 fully saturated rings. The molecule has 0 unspecified atom stereocenters. The van der Waals surface area contributed by atoms with Crippen LogP contribution in [0.5, 0.6) is 5.75 Å². The Hall–Kier alpha value is -3.20. The van der Waals surface area contributed by atoms with E-state index in [0.717, 1.165) is 12.2 Å². The average molecular weight is 483 g/mol. The number of nitrogens with zero attached hydrogens (tertiary/aromatic N) is 3. The quantitative estimate of drug-likeness (QED) is 0.575. The number of ether oxygens (including phenoxy) is 1. The summed E-state index contributed by atoms with van der Waals surface area (Å²) in [5.74, 6) is 1.23. The second-order valence-electron chi connectivity index (χ2n) is 9.07. The first kappa shape index (κ1) is 23.9.